The second-order valence-corrected chi connectivity index (χ2v) is 3.92. The third kappa shape index (κ3) is 3.53. The number of rotatable bonds is 5. The maximum absolute atomic E-state index is 10.2. The molecule has 1 rings (SSSR count). The molecule has 0 fully saturated rings. The quantitative estimate of drug-likeness (QED) is 0.731. The molecular weight excluding hydrogens is 192 g/mol. The van der Waals surface area contributed by atoms with Gasteiger partial charge in [-0.2, -0.15) is 0 Å². The number of aromatic hydroxyl groups is 1. The first-order chi connectivity index (χ1) is 7.06. The van der Waals surface area contributed by atoms with E-state index in [1.165, 1.54) is 0 Å². The molecule has 0 saturated heterocycles. The minimum absolute atomic E-state index is 0.214. The highest BCUT2D eigenvalue weighted by Crippen LogP contribution is 2.27. The summed E-state index contributed by atoms with van der Waals surface area (Å²) in [6, 6.07) is 6.64. The molecular formula is C12H18O3. The van der Waals surface area contributed by atoms with E-state index in [1.54, 1.807) is 38.3 Å². The molecule has 1 aromatic rings. The number of hydrogen-bond acceptors (Lipinski definition) is 3. The van der Waals surface area contributed by atoms with Crippen LogP contribution < -0.4 is 0 Å². The van der Waals surface area contributed by atoms with E-state index in [0.717, 1.165) is 12.0 Å². The van der Waals surface area contributed by atoms with Gasteiger partial charge in [0.25, 0.3) is 0 Å². The lowest BCUT2D eigenvalue weighted by Crippen LogP contribution is -2.21. The Morgan fingerprint density at radius 2 is 1.87 bits per heavy atom. The van der Waals surface area contributed by atoms with Crippen molar-refractivity contribution in [1.82, 2.24) is 0 Å². The fourth-order valence-electron chi connectivity index (χ4n) is 1.53. The summed E-state index contributed by atoms with van der Waals surface area (Å²) in [6.07, 6.45) is 1.45. The van der Waals surface area contributed by atoms with Crippen LogP contribution in [0.1, 0.15) is 25.3 Å². The maximum Gasteiger partial charge on any atom is 0.115 e. The summed E-state index contributed by atoms with van der Waals surface area (Å²) in [6.45, 7) is 2.42. The molecule has 0 radical (unpaired) electrons. The predicted molar refractivity (Wildman–Crippen MR) is 58.8 cm³/mol. The number of phenolic OH excluding ortho intramolecular Hbond substituents is 1. The largest absolute Gasteiger partial charge is 0.508 e. The molecule has 1 aromatic carbocycles. The van der Waals surface area contributed by atoms with Crippen molar-refractivity contribution in [1.29, 1.82) is 0 Å². The molecule has 0 aromatic heterocycles. The zero-order valence-electron chi connectivity index (χ0n) is 9.23. The van der Waals surface area contributed by atoms with Crippen LogP contribution in [-0.2, 0) is 10.3 Å². The van der Waals surface area contributed by atoms with E-state index in [9.17, 15) is 5.11 Å². The van der Waals surface area contributed by atoms with Crippen molar-refractivity contribution in [2.24, 2.45) is 0 Å². The molecule has 3 heteroatoms. The van der Waals surface area contributed by atoms with Crippen LogP contribution in [0.15, 0.2) is 24.3 Å². The zero-order valence-corrected chi connectivity index (χ0v) is 9.23. The van der Waals surface area contributed by atoms with Gasteiger partial charge in [0.2, 0.25) is 0 Å². The number of benzene rings is 1. The van der Waals surface area contributed by atoms with Gasteiger partial charge in [-0.3, -0.25) is 0 Å². The number of aliphatic hydroxyl groups is 1. The lowest BCUT2D eigenvalue weighted by molar-refractivity contribution is 0.0372. The lowest BCUT2D eigenvalue weighted by Gasteiger charge is -2.23. The topological polar surface area (TPSA) is 49.7 Å². The highest BCUT2D eigenvalue weighted by Gasteiger charge is 2.22. The van der Waals surface area contributed by atoms with Crippen LogP contribution in [0.2, 0.25) is 0 Å². The van der Waals surface area contributed by atoms with Crippen LogP contribution in [0.5, 0.6) is 5.75 Å². The second-order valence-electron chi connectivity index (χ2n) is 3.92. The molecule has 15 heavy (non-hydrogen) atoms. The monoisotopic (exact) mass is 210 g/mol. The second kappa shape index (κ2) is 5.14. The number of phenols is 1. The number of hydrogen-bond donors (Lipinski definition) is 2. The van der Waals surface area contributed by atoms with Gasteiger partial charge in [-0.25, -0.2) is 0 Å². The molecule has 0 bridgehead atoms. The Morgan fingerprint density at radius 1 is 1.27 bits per heavy atom. The van der Waals surface area contributed by atoms with Crippen molar-refractivity contribution in [2.75, 3.05) is 13.7 Å². The molecule has 1 unspecified atom stereocenters. The van der Waals surface area contributed by atoms with Crippen molar-refractivity contribution < 1.29 is 14.9 Å². The zero-order chi connectivity index (χ0) is 11.3. The fourth-order valence-corrected chi connectivity index (χ4v) is 1.53. The van der Waals surface area contributed by atoms with Crippen molar-refractivity contribution >= 4 is 0 Å². The number of methoxy groups -OCH3 is 1. The lowest BCUT2D eigenvalue weighted by atomic mass is 9.91. The standard InChI is InChI=1S/C12H18O3/c1-12(14,8-3-9-15-2)10-4-6-11(13)7-5-10/h4-7,13-14H,3,8-9H2,1-2H3. The van der Waals surface area contributed by atoms with E-state index in [4.69, 9.17) is 9.84 Å². The van der Waals surface area contributed by atoms with Gasteiger partial charge in [0, 0.05) is 13.7 Å². The third-order valence-electron chi connectivity index (χ3n) is 2.50. The van der Waals surface area contributed by atoms with E-state index < -0.39 is 5.60 Å². The third-order valence-corrected chi connectivity index (χ3v) is 2.50. The van der Waals surface area contributed by atoms with E-state index >= 15 is 0 Å². The van der Waals surface area contributed by atoms with E-state index in [1.807, 2.05) is 0 Å². The van der Waals surface area contributed by atoms with Gasteiger partial charge in [-0.05, 0) is 37.5 Å². The summed E-state index contributed by atoms with van der Waals surface area (Å²) in [7, 11) is 1.65. The first kappa shape index (κ1) is 12.0. The van der Waals surface area contributed by atoms with Crippen LogP contribution in [0.3, 0.4) is 0 Å². The molecule has 0 spiro atoms. The molecule has 2 N–H and O–H groups in total. The molecule has 0 amide bonds. The van der Waals surface area contributed by atoms with Crippen molar-refractivity contribution in [3.63, 3.8) is 0 Å². The number of ether oxygens (including phenoxy) is 1. The summed E-state index contributed by atoms with van der Waals surface area (Å²) < 4.78 is 4.94. The van der Waals surface area contributed by atoms with Crippen molar-refractivity contribution in [3.8, 4) is 5.75 Å². The maximum atomic E-state index is 10.2. The SMILES string of the molecule is COCCCC(C)(O)c1ccc(O)cc1. The summed E-state index contributed by atoms with van der Waals surface area (Å²) in [5.74, 6) is 0.214. The van der Waals surface area contributed by atoms with Gasteiger partial charge in [0.05, 0.1) is 5.60 Å². The minimum atomic E-state index is -0.855. The molecule has 0 aliphatic heterocycles. The molecule has 0 aliphatic rings. The molecule has 84 valence electrons. The molecule has 0 heterocycles. The fraction of sp³-hybridized carbons (Fsp3) is 0.500. The van der Waals surface area contributed by atoms with Crippen LogP contribution in [-0.4, -0.2) is 23.9 Å². The van der Waals surface area contributed by atoms with Gasteiger partial charge >= 0.3 is 0 Å². The van der Waals surface area contributed by atoms with Crippen LogP contribution in [0.25, 0.3) is 0 Å². The highest BCUT2D eigenvalue weighted by molar-refractivity contribution is 5.29. The van der Waals surface area contributed by atoms with Gasteiger partial charge in [-0.15, -0.1) is 0 Å². The van der Waals surface area contributed by atoms with Gasteiger partial charge in [0.15, 0.2) is 0 Å². The summed E-state index contributed by atoms with van der Waals surface area (Å²) in [4.78, 5) is 0. The first-order valence-electron chi connectivity index (χ1n) is 5.07. The van der Waals surface area contributed by atoms with E-state index in [-0.39, 0.29) is 5.75 Å². The van der Waals surface area contributed by atoms with E-state index in [2.05, 4.69) is 0 Å². The van der Waals surface area contributed by atoms with E-state index in [0.29, 0.717) is 13.0 Å². The summed E-state index contributed by atoms with van der Waals surface area (Å²) in [5, 5.41) is 19.3. The molecule has 0 saturated carbocycles. The Kier molecular flexibility index (Phi) is 4.12. The Hall–Kier alpha value is -1.06. The Bertz CT molecular complexity index is 290. The van der Waals surface area contributed by atoms with Crippen LogP contribution >= 0.6 is 0 Å². The smallest absolute Gasteiger partial charge is 0.115 e. The molecule has 1 atom stereocenters. The minimum Gasteiger partial charge on any atom is -0.508 e. The summed E-state index contributed by atoms with van der Waals surface area (Å²) >= 11 is 0. The average Bonchev–Trinajstić information content (AvgIpc) is 2.18. The Morgan fingerprint density at radius 3 is 2.40 bits per heavy atom. The molecule has 0 aliphatic carbocycles. The van der Waals surface area contributed by atoms with Crippen molar-refractivity contribution in [3.05, 3.63) is 29.8 Å². The predicted octanol–water partition coefficient (Wildman–Crippen LogP) is 2.03. The Labute approximate surface area is 90.3 Å². The van der Waals surface area contributed by atoms with Gasteiger partial charge in [-0.1, -0.05) is 12.1 Å². The highest BCUT2D eigenvalue weighted by atomic mass is 16.5. The normalized spacial score (nSPS) is 14.9. The Balaban J connectivity index is 2.63. The van der Waals surface area contributed by atoms with Crippen LogP contribution in [0, 0.1) is 0 Å². The van der Waals surface area contributed by atoms with Gasteiger partial charge < -0.3 is 14.9 Å². The first-order valence-corrected chi connectivity index (χ1v) is 5.07. The van der Waals surface area contributed by atoms with Crippen molar-refractivity contribution in [2.45, 2.75) is 25.4 Å². The van der Waals surface area contributed by atoms with Gasteiger partial charge in [0.1, 0.15) is 5.75 Å². The summed E-state index contributed by atoms with van der Waals surface area (Å²) in [5.41, 5.74) is -0.0388. The molecule has 3 nitrogen and oxygen atoms in total. The average molecular weight is 210 g/mol. The van der Waals surface area contributed by atoms with Crippen LogP contribution in [0.4, 0.5) is 0 Å².